The van der Waals surface area contributed by atoms with E-state index in [9.17, 15) is 13.2 Å². The summed E-state index contributed by atoms with van der Waals surface area (Å²) in [5.74, 6) is 0.576. The van der Waals surface area contributed by atoms with E-state index in [1.165, 1.54) is 0 Å². The number of ether oxygens (including phenoxy) is 1. The second kappa shape index (κ2) is 6.66. The molecular weight excluding hydrogens is 304 g/mol. The molecule has 1 atom stereocenters. The Labute approximate surface area is 131 Å². The first kappa shape index (κ1) is 16.8. The van der Waals surface area contributed by atoms with E-state index < -0.39 is 10.0 Å². The van der Waals surface area contributed by atoms with Gasteiger partial charge >= 0.3 is 0 Å². The lowest BCUT2D eigenvalue weighted by Crippen LogP contribution is -2.49. The van der Waals surface area contributed by atoms with Crippen LogP contribution < -0.4 is 9.46 Å². The Hall–Kier alpha value is -1.60. The Morgan fingerprint density at radius 3 is 2.77 bits per heavy atom. The molecule has 1 aromatic rings. The van der Waals surface area contributed by atoms with Gasteiger partial charge in [-0.1, -0.05) is 6.07 Å². The molecule has 122 valence electrons. The molecule has 1 aliphatic heterocycles. The Morgan fingerprint density at radius 1 is 1.41 bits per heavy atom. The van der Waals surface area contributed by atoms with E-state index in [1.54, 1.807) is 24.1 Å². The molecule has 0 aliphatic carbocycles. The van der Waals surface area contributed by atoms with Gasteiger partial charge in [0.1, 0.15) is 5.75 Å². The van der Waals surface area contributed by atoms with Crippen molar-refractivity contribution in [1.82, 2.24) is 9.62 Å². The average molecular weight is 326 g/mol. The molecule has 1 heterocycles. The van der Waals surface area contributed by atoms with Gasteiger partial charge in [0.05, 0.1) is 13.4 Å². The quantitative estimate of drug-likeness (QED) is 0.901. The van der Waals surface area contributed by atoms with Crippen LogP contribution in [0.5, 0.6) is 5.75 Å². The van der Waals surface area contributed by atoms with Crippen LogP contribution in [0.4, 0.5) is 0 Å². The van der Waals surface area contributed by atoms with Crippen LogP contribution in [0.25, 0.3) is 0 Å². The minimum Gasteiger partial charge on any atom is -0.496 e. The number of benzene rings is 1. The highest BCUT2D eigenvalue weighted by atomic mass is 32.2. The van der Waals surface area contributed by atoms with Crippen molar-refractivity contribution < 1.29 is 17.9 Å². The van der Waals surface area contributed by atoms with Crippen molar-refractivity contribution in [2.45, 2.75) is 25.8 Å². The third-order valence-corrected chi connectivity index (χ3v) is 4.51. The lowest BCUT2D eigenvalue weighted by Gasteiger charge is -2.32. The maximum absolute atomic E-state index is 12.6. The average Bonchev–Trinajstić information content (AvgIpc) is 2.45. The lowest BCUT2D eigenvalue weighted by molar-refractivity contribution is 0.0703. The maximum atomic E-state index is 12.6. The summed E-state index contributed by atoms with van der Waals surface area (Å²) in [6.45, 7) is 2.94. The van der Waals surface area contributed by atoms with E-state index >= 15 is 0 Å². The van der Waals surface area contributed by atoms with Gasteiger partial charge < -0.3 is 9.64 Å². The van der Waals surface area contributed by atoms with Crippen LogP contribution >= 0.6 is 0 Å². The standard InChI is InChI=1S/C15H22N2O4S/c1-11-6-7-12(9-14(11)21-2)15(18)17-8-4-5-13(10-17)16-22(3,19)20/h6-7,9,13,16H,4-5,8,10H2,1-3H3/t13-/m1/s1. The molecule has 7 heteroatoms. The second-order valence-electron chi connectivity index (χ2n) is 5.66. The van der Waals surface area contributed by atoms with E-state index in [-0.39, 0.29) is 11.9 Å². The number of sulfonamides is 1. The first-order chi connectivity index (χ1) is 10.3. The summed E-state index contributed by atoms with van der Waals surface area (Å²) in [6.07, 6.45) is 2.66. The topological polar surface area (TPSA) is 75.7 Å². The normalized spacial score (nSPS) is 19.0. The smallest absolute Gasteiger partial charge is 0.254 e. The number of nitrogens with zero attached hydrogens (tertiary/aromatic N) is 1. The molecular formula is C15H22N2O4S. The van der Waals surface area contributed by atoms with Gasteiger partial charge in [-0.05, 0) is 37.5 Å². The number of amides is 1. The Morgan fingerprint density at radius 2 is 2.14 bits per heavy atom. The molecule has 0 saturated carbocycles. The fourth-order valence-corrected chi connectivity index (χ4v) is 3.49. The van der Waals surface area contributed by atoms with Crippen LogP contribution in [0, 0.1) is 6.92 Å². The second-order valence-corrected chi connectivity index (χ2v) is 7.44. The molecule has 0 bridgehead atoms. The lowest BCUT2D eigenvalue weighted by atomic mass is 10.0. The van der Waals surface area contributed by atoms with Gasteiger partial charge in [-0.3, -0.25) is 4.79 Å². The number of hydrogen-bond donors (Lipinski definition) is 1. The fraction of sp³-hybridized carbons (Fsp3) is 0.533. The van der Waals surface area contributed by atoms with Crippen LogP contribution in [-0.2, 0) is 10.0 Å². The third kappa shape index (κ3) is 4.20. The Balaban J connectivity index is 2.12. The zero-order chi connectivity index (χ0) is 16.3. The number of rotatable bonds is 4. The zero-order valence-electron chi connectivity index (χ0n) is 13.1. The van der Waals surface area contributed by atoms with E-state index in [2.05, 4.69) is 4.72 Å². The van der Waals surface area contributed by atoms with Crippen molar-refractivity contribution in [3.05, 3.63) is 29.3 Å². The molecule has 0 aromatic heterocycles. The number of carbonyl (C=O) groups is 1. The molecule has 0 spiro atoms. The summed E-state index contributed by atoms with van der Waals surface area (Å²) in [7, 11) is -1.69. The van der Waals surface area contributed by atoms with E-state index in [1.807, 2.05) is 13.0 Å². The number of hydrogen-bond acceptors (Lipinski definition) is 4. The molecule has 0 radical (unpaired) electrons. The van der Waals surface area contributed by atoms with Crippen LogP contribution in [-0.4, -0.2) is 51.7 Å². The third-order valence-electron chi connectivity index (χ3n) is 3.74. The number of likely N-dealkylation sites (tertiary alicyclic amines) is 1. The predicted octanol–water partition coefficient (Wildman–Crippen LogP) is 1.16. The molecule has 1 aromatic carbocycles. The van der Waals surface area contributed by atoms with Crippen molar-refractivity contribution in [1.29, 1.82) is 0 Å². The molecule has 22 heavy (non-hydrogen) atoms. The van der Waals surface area contributed by atoms with Gasteiger partial charge in [0.15, 0.2) is 0 Å². The number of methoxy groups -OCH3 is 1. The molecule has 1 amide bonds. The fourth-order valence-electron chi connectivity index (χ4n) is 2.70. The first-order valence-electron chi connectivity index (χ1n) is 7.21. The number of carbonyl (C=O) groups excluding carboxylic acids is 1. The molecule has 1 N–H and O–H groups in total. The number of nitrogens with one attached hydrogen (secondary N) is 1. The summed E-state index contributed by atoms with van der Waals surface area (Å²) in [4.78, 5) is 14.3. The zero-order valence-corrected chi connectivity index (χ0v) is 13.9. The predicted molar refractivity (Wildman–Crippen MR) is 84.6 cm³/mol. The van der Waals surface area contributed by atoms with Crippen molar-refractivity contribution in [2.75, 3.05) is 26.5 Å². The highest BCUT2D eigenvalue weighted by Crippen LogP contribution is 2.21. The molecule has 0 unspecified atom stereocenters. The Bertz CT molecular complexity index is 658. The van der Waals surface area contributed by atoms with Crippen LogP contribution in [0.15, 0.2) is 18.2 Å². The van der Waals surface area contributed by atoms with E-state index in [4.69, 9.17) is 4.74 Å². The number of aryl methyl sites for hydroxylation is 1. The first-order valence-corrected chi connectivity index (χ1v) is 9.10. The van der Waals surface area contributed by atoms with Crippen LogP contribution in [0.2, 0.25) is 0 Å². The molecule has 1 aliphatic rings. The monoisotopic (exact) mass is 326 g/mol. The maximum Gasteiger partial charge on any atom is 0.254 e. The highest BCUT2D eigenvalue weighted by Gasteiger charge is 2.26. The number of piperidine rings is 1. The van der Waals surface area contributed by atoms with Crippen LogP contribution in [0.1, 0.15) is 28.8 Å². The Kier molecular flexibility index (Phi) is 5.08. The van der Waals surface area contributed by atoms with E-state index in [0.717, 1.165) is 24.7 Å². The van der Waals surface area contributed by atoms with Gasteiger partial charge in [-0.15, -0.1) is 0 Å². The molecule has 1 fully saturated rings. The summed E-state index contributed by atoms with van der Waals surface area (Å²) in [5, 5.41) is 0. The largest absolute Gasteiger partial charge is 0.496 e. The highest BCUT2D eigenvalue weighted by molar-refractivity contribution is 7.88. The van der Waals surface area contributed by atoms with Gasteiger partial charge in [-0.2, -0.15) is 0 Å². The van der Waals surface area contributed by atoms with Gasteiger partial charge in [0.2, 0.25) is 10.0 Å². The van der Waals surface area contributed by atoms with Gasteiger partial charge in [0.25, 0.3) is 5.91 Å². The SMILES string of the molecule is COc1cc(C(=O)N2CCC[C@@H](NS(C)(=O)=O)C2)ccc1C. The van der Waals surface area contributed by atoms with Crippen LogP contribution in [0.3, 0.4) is 0 Å². The van der Waals surface area contributed by atoms with Crippen molar-refractivity contribution in [3.63, 3.8) is 0 Å². The van der Waals surface area contributed by atoms with Crippen molar-refractivity contribution in [2.24, 2.45) is 0 Å². The van der Waals surface area contributed by atoms with E-state index in [0.29, 0.717) is 24.4 Å². The summed E-state index contributed by atoms with van der Waals surface area (Å²) < 4.78 is 30.5. The minimum atomic E-state index is -3.26. The van der Waals surface area contributed by atoms with Crippen molar-refractivity contribution in [3.8, 4) is 5.75 Å². The van der Waals surface area contributed by atoms with Gasteiger partial charge in [0, 0.05) is 24.7 Å². The molecule has 2 rings (SSSR count). The summed E-state index contributed by atoms with van der Waals surface area (Å²) in [5.41, 5.74) is 1.52. The summed E-state index contributed by atoms with van der Waals surface area (Å²) >= 11 is 0. The van der Waals surface area contributed by atoms with Gasteiger partial charge in [-0.25, -0.2) is 13.1 Å². The molecule has 1 saturated heterocycles. The molecule has 6 nitrogen and oxygen atoms in total. The van der Waals surface area contributed by atoms with Crippen molar-refractivity contribution >= 4 is 15.9 Å². The summed E-state index contributed by atoms with van der Waals surface area (Å²) in [6, 6.07) is 5.13. The minimum absolute atomic E-state index is 0.0988.